The topological polar surface area (TPSA) is 30.7 Å². The van der Waals surface area contributed by atoms with E-state index in [2.05, 4.69) is 73.8 Å². The summed E-state index contributed by atoms with van der Waals surface area (Å²) in [5.74, 6) is 1.68. The van der Waals surface area contributed by atoms with E-state index >= 15 is 0 Å². The van der Waals surface area contributed by atoms with Gasteiger partial charge in [0.1, 0.15) is 5.82 Å². The minimum absolute atomic E-state index is 0.838. The lowest BCUT2D eigenvalue weighted by molar-refractivity contribution is 0.986. The third-order valence-electron chi connectivity index (χ3n) is 4.31. The minimum atomic E-state index is 0.838. The van der Waals surface area contributed by atoms with Crippen LogP contribution in [0.3, 0.4) is 0 Å². The lowest BCUT2D eigenvalue weighted by Gasteiger charge is -2.17. The van der Waals surface area contributed by atoms with Crippen molar-refractivity contribution >= 4 is 5.70 Å². The summed E-state index contributed by atoms with van der Waals surface area (Å²) in [4.78, 5) is 0. The normalized spacial score (nSPS) is 11.3. The van der Waals surface area contributed by atoms with Gasteiger partial charge in [-0.2, -0.15) is 0 Å². The summed E-state index contributed by atoms with van der Waals surface area (Å²) in [6.07, 6.45) is 6.65. The van der Waals surface area contributed by atoms with Crippen molar-refractivity contribution in [1.82, 2.24) is 14.8 Å². The van der Waals surface area contributed by atoms with E-state index in [0.29, 0.717) is 0 Å². The van der Waals surface area contributed by atoms with Gasteiger partial charge in [-0.05, 0) is 63.0 Å². The standard InChI is InChI=1S/C22H27N3/c1-8-11-21(19(10-3)15(4)5)25-17(7)23-24-22(25)20-14-18(9-2)13-12-16(20)6/h8,10-14H,1,3,9H2,2,4-7H3/b21-11+. The van der Waals surface area contributed by atoms with E-state index in [4.69, 9.17) is 0 Å². The zero-order valence-electron chi connectivity index (χ0n) is 15.9. The molecule has 0 unspecified atom stereocenters. The maximum absolute atomic E-state index is 4.48. The molecule has 0 fully saturated rings. The molecule has 1 aromatic carbocycles. The van der Waals surface area contributed by atoms with Crippen LogP contribution < -0.4 is 0 Å². The number of aryl methyl sites for hydroxylation is 3. The predicted octanol–water partition coefficient (Wildman–Crippen LogP) is 5.67. The molecule has 1 aromatic heterocycles. The number of nitrogens with zero attached hydrogens (tertiary/aromatic N) is 3. The van der Waals surface area contributed by atoms with Crippen LogP contribution in [0.5, 0.6) is 0 Å². The molecule has 0 saturated heterocycles. The smallest absolute Gasteiger partial charge is 0.168 e. The fourth-order valence-corrected chi connectivity index (χ4v) is 2.92. The quantitative estimate of drug-likeness (QED) is 0.637. The first-order valence-corrected chi connectivity index (χ1v) is 8.59. The number of hydrogen-bond acceptors (Lipinski definition) is 2. The van der Waals surface area contributed by atoms with Crippen molar-refractivity contribution in [2.24, 2.45) is 0 Å². The molecule has 0 aliphatic carbocycles. The van der Waals surface area contributed by atoms with Crippen LogP contribution in [0.4, 0.5) is 0 Å². The van der Waals surface area contributed by atoms with E-state index in [1.807, 2.05) is 19.1 Å². The number of hydrogen-bond donors (Lipinski definition) is 0. The average molecular weight is 333 g/mol. The van der Waals surface area contributed by atoms with Crippen LogP contribution in [0, 0.1) is 13.8 Å². The van der Waals surface area contributed by atoms with Gasteiger partial charge in [-0.3, -0.25) is 4.57 Å². The number of rotatable bonds is 6. The Labute approximate surface area is 151 Å². The third kappa shape index (κ3) is 3.71. The van der Waals surface area contributed by atoms with Crippen molar-refractivity contribution in [3.8, 4) is 11.4 Å². The first kappa shape index (κ1) is 18.7. The van der Waals surface area contributed by atoms with Gasteiger partial charge in [-0.15, -0.1) is 10.2 Å². The van der Waals surface area contributed by atoms with Crippen LogP contribution in [0.25, 0.3) is 17.1 Å². The highest BCUT2D eigenvalue weighted by atomic mass is 15.3. The van der Waals surface area contributed by atoms with Gasteiger partial charge in [-0.1, -0.05) is 49.9 Å². The Kier molecular flexibility index (Phi) is 5.92. The highest BCUT2D eigenvalue weighted by Crippen LogP contribution is 2.30. The molecule has 2 aromatic rings. The fraction of sp³-hybridized carbons (Fsp3) is 0.273. The molecule has 0 radical (unpaired) electrons. The maximum Gasteiger partial charge on any atom is 0.168 e. The molecule has 0 atom stereocenters. The Hall–Kier alpha value is -2.68. The first-order chi connectivity index (χ1) is 11.9. The van der Waals surface area contributed by atoms with E-state index in [9.17, 15) is 0 Å². The van der Waals surface area contributed by atoms with Gasteiger partial charge in [0.2, 0.25) is 0 Å². The lowest BCUT2D eigenvalue weighted by Crippen LogP contribution is -2.06. The van der Waals surface area contributed by atoms with E-state index < -0.39 is 0 Å². The summed E-state index contributed by atoms with van der Waals surface area (Å²) in [5, 5.41) is 8.83. The van der Waals surface area contributed by atoms with Crippen LogP contribution in [0.1, 0.15) is 37.7 Å². The molecule has 0 spiro atoms. The largest absolute Gasteiger partial charge is 0.279 e. The molecule has 2 rings (SSSR count). The second kappa shape index (κ2) is 7.93. The van der Waals surface area contributed by atoms with Crippen LogP contribution in [-0.4, -0.2) is 14.8 Å². The number of allylic oxidation sites excluding steroid dienone is 6. The minimum Gasteiger partial charge on any atom is -0.279 e. The second-order valence-electron chi connectivity index (χ2n) is 6.31. The average Bonchev–Trinajstić information content (AvgIpc) is 2.96. The molecular weight excluding hydrogens is 306 g/mol. The zero-order chi connectivity index (χ0) is 18.6. The Balaban J connectivity index is 2.79. The van der Waals surface area contributed by atoms with Crippen LogP contribution in [0.2, 0.25) is 0 Å². The lowest BCUT2D eigenvalue weighted by atomic mass is 10.0. The SMILES string of the molecule is C=C/C=C(\C(C=C)=C(C)C)n1c(C)nnc1-c1cc(CC)ccc1C. The van der Waals surface area contributed by atoms with Gasteiger partial charge in [0.15, 0.2) is 5.82 Å². The Morgan fingerprint density at radius 3 is 2.44 bits per heavy atom. The van der Waals surface area contributed by atoms with Crippen molar-refractivity contribution in [2.45, 2.75) is 41.0 Å². The summed E-state index contributed by atoms with van der Waals surface area (Å²) in [6.45, 7) is 18.3. The summed E-state index contributed by atoms with van der Waals surface area (Å²) in [7, 11) is 0. The van der Waals surface area contributed by atoms with Gasteiger partial charge in [0.25, 0.3) is 0 Å². The molecule has 3 heteroatoms. The molecule has 25 heavy (non-hydrogen) atoms. The molecule has 130 valence electrons. The summed E-state index contributed by atoms with van der Waals surface area (Å²) in [6, 6.07) is 6.52. The fourth-order valence-electron chi connectivity index (χ4n) is 2.92. The molecule has 0 saturated carbocycles. The molecule has 0 amide bonds. The van der Waals surface area contributed by atoms with E-state index in [-0.39, 0.29) is 0 Å². The van der Waals surface area contributed by atoms with Gasteiger partial charge in [0, 0.05) is 5.56 Å². The van der Waals surface area contributed by atoms with E-state index in [1.54, 1.807) is 6.08 Å². The van der Waals surface area contributed by atoms with Crippen LogP contribution >= 0.6 is 0 Å². The molecule has 3 nitrogen and oxygen atoms in total. The summed E-state index contributed by atoms with van der Waals surface area (Å²) < 4.78 is 2.09. The molecule has 0 bridgehead atoms. The maximum atomic E-state index is 4.48. The molecule has 0 N–H and O–H groups in total. The van der Waals surface area contributed by atoms with Gasteiger partial charge in [0.05, 0.1) is 5.70 Å². The van der Waals surface area contributed by atoms with Crippen molar-refractivity contribution in [3.63, 3.8) is 0 Å². The number of aromatic nitrogens is 3. The first-order valence-electron chi connectivity index (χ1n) is 8.59. The molecule has 1 heterocycles. The van der Waals surface area contributed by atoms with E-state index in [0.717, 1.165) is 34.9 Å². The van der Waals surface area contributed by atoms with Crippen molar-refractivity contribution in [2.75, 3.05) is 0 Å². The predicted molar refractivity (Wildman–Crippen MR) is 107 cm³/mol. The van der Waals surface area contributed by atoms with E-state index in [1.165, 1.54) is 16.7 Å². The van der Waals surface area contributed by atoms with Gasteiger partial charge < -0.3 is 0 Å². The Bertz CT molecular complexity index is 859. The molecule has 0 aliphatic heterocycles. The number of benzene rings is 1. The van der Waals surface area contributed by atoms with Crippen LogP contribution in [-0.2, 0) is 6.42 Å². The third-order valence-corrected chi connectivity index (χ3v) is 4.31. The Morgan fingerprint density at radius 1 is 1.16 bits per heavy atom. The summed E-state index contributed by atoms with van der Waals surface area (Å²) >= 11 is 0. The highest BCUT2D eigenvalue weighted by molar-refractivity contribution is 5.76. The van der Waals surface area contributed by atoms with Crippen molar-refractivity contribution in [1.29, 1.82) is 0 Å². The van der Waals surface area contributed by atoms with Gasteiger partial charge >= 0.3 is 0 Å². The highest BCUT2D eigenvalue weighted by Gasteiger charge is 2.18. The second-order valence-corrected chi connectivity index (χ2v) is 6.31. The van der Waals surface area contributed by atoms with Gasteiger partial charge in [-0.25, -0.2) is 0 Å². The monoisotopic (exact) mass is 333 g/mol. The molecular formula is C22H27N3. The Morgan fingerprint density at radius 2 is 1.88 bits per heavy atom. The van der Waals surface area contributed by atoms with Crippen molar-refractivity contribution < 1.29 is 0 Å². The molecule has 0 aliphatic rings. The zero-order valence-corrected chi connectivity index (χ0v) is 15.9. The summed E-state index contributed by atoms with van der Waals surface area (Å²) in [5.41, 5.74) is 6.81. The van der Waals surface area contributed by atoms with Crippen molar-refractivity contribution in [3.05, 3.63) is 77.7 Å². The van der Waals surface area contributed by atoms with Crippen LogP contribution in [0.15, 0.2) is 60.7 Å².